The molecule has 1 N–H and O–H groups in total. The lowest BCUT2D eigenvalue weighted by atomic mass is 10.2. The topological polar surface area (TPSA) is 122 Å². The molecule has 0 aliphatic carbocycles. The molecule has 0 bridgehead atoms. The molecule has 0 atom stereocenters. The number of nitrogens with one attached hydrogen (secondary N) is 1. The Bertz CT molecular complexity index is 1440. The number of hydrogen-bond acceptors (Lipinski definition) is 7. The van der Waals surface area contributed by atoms with Crippen LogP contribution in [0.25, 0.3) is 0 Å². The first-order valence-corrected chi connectivity index (χ1v) is 15.1. The highest BCUT2D eigenvalue weighted by atomic mass is 32.2. The molecule has 1 aliphatic rings. The zero-order valence-corrected chi connectivity index (χ0v) is 22.4. The summed E-state index contributed by atoms with van der Waals surface area (Å²) in [5.74, 6) is -0.0220. The lowest BCUT2D eigenvalue weighted by Gasteiger charge is -2.26. The van der Waals surface area contributed by atoms with Crippen molar-refractivity contribution in [2.24, 2.45) is 0 Å². The number of rotatable bonds is 10. The molecule has 0 saturated carbocycles. The van der Waals surface area contributed by atoms with E-state index in [1.807, 2.05) is 30.3 Å². The summed E-state index contributed by atoms with van der Waals surface area (Å²) in [7, 11) is -7.44. The van der Waals surface area contributed by atoms with Gasteiger partial charge < -0.3 is 14.8 Å². The fourth-order valence-electron chi connectivity index (χ4n) is 3.83. The maximum absolute atomic E-state index is 12.8. The minimum absolute atomic E-state index is 0.102. The van der Waals surface area contributed by atoms with Crippen molar-refractivity contribution in [2.45, 2.75) is 11.5 Å². The molecule has 3 aromatic carbocycles. The van der Waals surface area contributed by atoms with Gasteiger partial charge in [0.25, 0.3) is 0 Å². The lowest BCUT2D eigenvalue weighted by Crippen LogP contribution is -2.40. The molecule has 1 heterocycles. The van der Waals surface area contributed by atoms with Crippen LogP contribution >= 0.6 is 0 Å². The quantitative estimate of drug-likeness (QED) is 0.405. The molecule has 202 valence electrons. The summed E-state index contributed by atoms with van der Waals surface area (Å²) < 4.78 is 63.7. The Morgan fingerprint density at radius 2 is 1.55 bits per heavy atom. The van der Waals surface area contributed by atoms with Gasteiger partial charge >= 0.3 is 0 Å². The largest absolute Gasteiger partial charge is 0.489 e. The van der Waals surface area contributed by atoms with Crippen molar-refractivity contribution in [3.63, 3.8) is 0 Å². The Balaban J connectivity index is 1.39. The van der Waals surface area contributed by atoms with Crippen LogP contribution in [0.15, 0.2) is 83.8 Å². The molecule has 1 amide bonds. The maximum atomic E-state index is 12.8. The van der Waals surface area contributed by atoms with E-state index in [0.717, 1.165) is 16.1 Å². The van der Waals surface area contributed by atoms with Crippen molar-refractivity contribution in [1.82, 2.24) is 4.31 Å². The number of nitrogens with zero attached hydrogens (tertiary/aromatic N) is 2. The first-order valence-electron chi connectivity index (χ1n) is 11.9. The smallest absolute Gasteiger partial charge is 0.245 e. The van der Waals surface area contributed by atoms with Crippen LogP contribution in [0.4, 0.5) is 11.4 Å². The van der Waals surface area contributed by atoms with E-state index in [2.05, 4.69) is 5.32 Å². The highest BCUT2D eigenvalue weighted by Gasteiger charge is 2.26. The molecule has 10 nitrogen and oxygen atoms in total. The normalized spacial score (nSPS) is 14.6. The van der Waals surface area contributed by atoms with Crippen molar-refractivity contribution >= 4 is 37.3 Å². The highest BCUT2D eigenvalue weighted by Crippen LogP contribution is 2.23. The molecular formula is C26H29N3O7S2. The van der Waals surface area contributed by atoms with Crippen LogP contribution in [0.2, 0.25) is 0 Å². The van der Waals surface area contributed by atoms with Crippen LogP contribution in [-0.2, 0) is 36.2 Å². The number of morpholine rings is 1. The van der Waals surface area contributed by atoms with Gasteiger partial charge in [-0.15, -0.1) is 0 Å². The monoisotopic (exact) mass is 559 g/mol. The molecule has 12 heteroatoms. The van der Waals surface area contributed by atoms with Gasteiger partial charge in [0, 0.05) is 18.8 Å². The van der Waals surface area contributed by atoms with Gasteiger partial charge in [0.15, 0.2) is 0 Å². The molecule has 0 unspecified atom stereocenters. The van der Waals surface area contributed by atoms with Crippen LogP contribution in [0, 0.1) is 0 Å². The van der Waals surface area contributed by atoms with Crippen molar-refractivity contribution in [2.75, 3.05) is 48.7 Å². The van der Waals surface area contributed by atoms with Gasteiger partial charge in [-0.1, -0.05) is 30.3 Å². The average Bonchev–Trinajstić information content (AvgIpc) is 2.92. The second-order valence-electron chi connectivity index (χ2n) is 8.63. The van der Waals surface area contributed by atoms with Crippen LogP contribution in [0.1, 0.15) is 5.56 Å². The zero-order valence-electron chi connectivity index (χ0n) is 20.8. The van der Waals surface area contributed by atoms with Gasteiger partial charge in [-0.05, 0) is 54.1 Å². The van der Waals surface area contributed by atoms with E-state index < -0.39 is 32.5 Å². The Morgan fingerprint density at radius 1 is 0.921 bits per heavy atom. The fourth-order valence-corrected chi connectivity index (χ4v) is 6.09. The molecule has 0 radical (unpaired) electrons. The number of amides is 1. The summed E-state index contributed by atoms with van der Waals surface area (Å²) in [5, 5.41) is 2.62. The summed E-state index contributed by atoms with van der Waals surface area (Å²) in [4.78, 5) is 12.8. The Kier molecular flexibility index (Phi) is 8.67. The van der Waals surface area contributed by atoms with Crippen LogP contribution in [0.5, 0.6) is 5.75 Å². The van der Waals surface area contributed by atoms with Gasteiger partial charge in [-0.3, -0.25) is 9.10 Å². The Morgan fingerprint density at radius 3 is 2.16 bits per heavy atom. The molecule has 3 aromatic rings. The molecular weight excluding hydrogens is 530 g/mol. The number of anilines is 2. The van der Waals surface area contributed by atoms with E-state index in [1.165, 1.54) is 28.6 Å². The molecule has 38 heavy (non-hydrogen) atoms. The van der Waals surface area contributed by atoms with E-state index >= 15 is 0 Å². The minimum atomic E-state index is -3.78. The summed E-state index contributed by atoms with van der Waals surface area (Å²) in [6.45, 7) is 1.15. The van der Waals surface area contributed by atoms with E-state index in [4.69, 9.17) is 9.47 Å². The van der Waals surface area contributed by atoms with Gasteiger partial charge in [0.05, 0.1) is 30.1 Å². The molecule has 1 saturated heterocycles. The van der Waals surface area contributed by atoms with Crippen LogP contribution in [0.3, 0.4) is 0 Å². The zero-order chi connectivity index (χ0) is 27.2. The molecule has 1 aliphatic heterocycles. The van der Waals surface area contributed by atoms with Crippen molar-refractivity contribution in [3.05, 3.63) is 84.4 Å². The summed E-state index contributed by atoms with van der Waals surface area (Å²) in [6, 6.07) is 21.8. The van der Waals surface area contributed by atoms with Gasteiger partial charge in [-0.2, -0.15) is 4.31 Å². The number of hydrogen-bond donors (Lipinski definition) is 1. The summed E-state index contributed by atoms with van der Waals surface area (Å²) in [6.07, 6.45) is 1.02. The second kappa shape index (κ2) is 11.9. The third-order valence-corrected chi connectivity index (χ3v) is 8.86. The average molecular weight is 560 g/mol. The number of benzene rings is 3. The maximum Gasteiger partial charge on any atom is 0.245 e. The third kappa shape index (κ3) is 7.10. The first-order chi connectivity index (χ1) is 18.1. The molecule has 0 aromatic heterocycles. The van der Waals surface area contributed by atoms with E-state index in [0.29, 0.717) is 36.9 Å². The molecule has 0 spiro atoms. The molecule has 1 fully saturated rings. The predicted molar refractivity (Wildman–Crippen MR) is 144 cm³/mol. The number of sulfonamides is 2. The Hall–Kier alpha value is -3.45. The van der Waals surface area contributed by atoms with E-state index in [9.17, 15) is 21.6 Å². The van der Waals surface area contributed by atoms with Gasteiger partial charge in [0.2, 0.25) is 26.0 Å². The minimum Gasteiger partial charge on any atom is -0.489 e. The standard InChI is InChI=1S/C26H29N3O7S2/c1-37(31,32)29(23-9-11-24(12-10-23)36-20-21-5-3-2-4-6-21)19-26(30)27-22-7-13-25(14-8-22)38(33,34)28-15-17-35-18-16-28/h2-14H,15-20H2,1H3,(H,27,30). The number of carbonyl (C=O) groups excluding carboxylic acids is 1. The molecule has 4 rings (SSSR count). The predicted octanol–water partition coefficient (Wildman–Crippen LogP) is 2.69. The van der Waals surface area contributed by atoms with Gasteiger partial charge in [0.1, 0.15) is 18.9 Å². The third-order valence-electron chi connectivity index (χ3n) is 5.81. The van der Waals surface area contributed by atoms with Gasteiger partial charge in [-0.25, -0.2) is 16.8 Å². The second-order valence-corrected chi connectivity index (χ2v) is 12.5. The highest BCUT2D eigenvalue weighted by molar-refractivity contribution is 7.92. The van der Waals surface area contributed by atoms with Crippen LogP contribution in [-0.4, -0.2) is 66.2 Å². The fraction of sp³-hybridized carbons (Fsp3) is 0.269. The van der Waals surface area contributed by atoms with E-state index in [1.54, 1.807) is 24.3 Å². The SMILES string of the molecule is CS(=O)(=O)N(CC(=O)Nc1ccc(S(=O)(=O)N2CCOCC2)cc1)c1ccc(OCc2ccccc2)cc1. The van der Waals surface area contributed by atoms with E-state index in [-0.39, 0.29) is 18.0 Å². The summed E-state index contributed by atoms with van der Waals surface area (Å²) in [5.41, 5.74) is 1.65. The van der Waals surface area contributed by atoms with Crippen molar-refractivity contribution < 1.29 is 31.1 Å². The lowest BCUT2D eigenvalue weighted by molar-refractivity contribution is -0.114. The summed E-state index contributed by atoms with van der Waals surface area (Å²) >= 11 is 0. The Labute approximate surface area is 222 Å². The van der Waals surface area contributed by atoms with Crippen LogP contribution < -0.4 is 14.4 Å². The first kappa shape index (κ1) is 27.6. The number of ether oxygens (including phenoxy) is 2. The van der Waals surface area contributed by atoms with Crippen molar-refractivity contribution in [1.29, 1.82) is 0 Å². The number of carbonyl (C=O) groups is 1. The van der Waals surface area contributed by atoms with Crippen molar-refractivity contribution in [3.8, 4) is 5.75 Å².